The first-order valence-electron chi connectivity index (χ1n) is 9.06. The Labute approximate surface area is 178 Å². The highest BCUT2D eigenvalue weighted by atomic mass is 35.5. The van der Waals surface area contributed by atoms with Crippen LogP contribution in [-0.4, -0.2) is 17.7 Å². The minimum absolute atomic E-state index is 0. The normalized spacial score (nSPS) is 12.8. The van der Waals surface area contributed by atoms with Gasteiger partial charge in [-0.1, -0.05) is 24.6 Å². The molecular weight excluding hydrogens is 395 g/mol. The standard InChI is InChI=1S/C21H22ClFN4O2.3H2/c1-3-17(27-11(2)8-18(26)28)14-5-6-15(22)19(20(14)23)21(29)12-4-7-16(25)13(9-12)10-24;;;/h4-7,9,11,17,27H,3,8,25H2,1-2H3,(H2,26,28);3*1H/t11-,17-;;;/m1.../s1. The molecular formula is C21H28ClFN4O2. The van der Waals surface area contributed by atoms with Crippen LogP contribution in [0.3, 0.4) is 0 Å². The second kappa shape index (κ2) is 9.50. The van der Waals surface area contributed by atoms with E-state index in [1.54, 1.807) is 6.92 Å². The molecule has 0 saturated carbocycles. The highest BCUT2D eigenvalue weighted by molar-refractivity contribution is 6.35. The van der Waals surface area contributed by atoms with Crippen LogP contribution in [0.25, 0.3) is 0 Å². The van der Waals surface area contributed by atoms with E-state index in [2.05, 4.69) is 5.32 Å². The van der Waals surface area contributed by atoms with Gasteiger partial charge in [0, 0.05) is 39.6 Å². The average Bonchev–Trinajstić information content (AvgIpc) is 2.66. The van der Waals surface area contributed by atoms with Crippen molar-refractivity contribution in [2.45, 2.75) is 38.8 Å². The molecule has 0 spiro atoms. The average molecular weight is 423 g/mol. The molecule has 2 atom stereocenters. The van der Waals surface area contributed by atoms with E-state index in [0.717, 1.165) is 0 Å². The number of nitrogens with two attached hydrogens (primary N) is 2. The van der Waals surface area contributed by atoms with Crippen molar-refractivity contribution in [1.82, 2.24) is 5.32 Å². The van der Waals surface area contributed by atoms with Crippen molar-refractivity contribution in [2.24, 2.45) is 5.73 Å². The molecule has 8 heteroatoms. The lowest BCUT2D eigenvalue weighted by atomic mass is 9.95. The van der Waals surface area contributed by atoms with E-state index in [0.29, 0.717) is 6.42 Å². The lowest BCUT2D eigenvalue weighted by Crippen LogP contribution is -2.34. The highest BCUT2D eigenvalue weighted by Crippen LogP contribution is 2.30. The van der Waals surface area contributed by atoms with Gasteiger partial charge in [-0.2, -0.15) is 5.26 Å². The van der Waals surface area contributed by atoms with Gasteiger partial charge >= 0.3 is 0 Å². The molecule has 0 aliphatic carbocycles. The molecule has 0 bridgehead atoms. The summed E-state index contributed by atoms with van der Waals surface area (Å²) in [5.74, 6) is -1.86. The molecule has 0 aliphatic rings. The van der Waals surface area contributed by atoms with Crippen LogP contribution >= 0.6 is 11.6 Å². The van der Waals surface area contributed by atoms with E-state index in [1.165, 1.54) is 30.3 Å². The van der Waals surface area contributed by atoms with E-state index in [1.807, 2.05) is 13.0 Å². The molecule has 0 fully saturated rings. The topological polar surface area (TPSA) is 122 Å². The summed E-state index contributed by atoms with van der Waals surface area (Å²) in [7, 11) is 0. The van der Waals surface area contributed by atoms with Crippen LogP contribution in [0.15, 0.2) is 30.3 Å². The summed E-state index contributed by atoms with van der Waals surface area (Å²) >= 11 is 6.14. The molecule has 0 heterocycles. The minimum Gasteiger partial charge on any atom is -0.398 e. The summed E-state index contributed by atoms with van der Waals surface area (Å²) < 4.78 is 15.4. The van der Waals surface area contributed by atoms with Gasteiger partial charge in [-0.3, -0.25) is 9.59 Å². The number of rotatable bonds is 8. The van der Waals surface area contributed by atoms with Crippen molar-refractivity contribution in [3.63, 3.8) is 0 Å². The largest absolute Gasteiger partial charge is 0.398 e. The molecule has 0 unspecified atom stereocenters. The monoisotopic (exact) mass is 422 g/mol. The number of anilines is 1. The molecule has 2 aromatic carbocycles. The van der Waals surface area contributed by atoms with Gasteiger partial charge in [0.15, 0.2) is 5.78 Å². The number of primary amides is 1. The predicted octanol–water partition coefficient (Wildman–Crippen LogP) is 4.21. The maximum atomic E-state index is 15.4. The number of benzene rings is 2. The summed E-state index contributed by atoms with van der Waals surface area (Å²) in [4.78, 5) is 24.1. The third kappa shape index (κ3) is 5.11. The number of hydrogen-bond acceptors (Lipinski definition) is 5. The summed E-state index contributed by atoms with van der Waals surface area (Å²) in [5, 5.41) is 12.2. The Morgan fingerprint density at radius 2 is 2.03 bits per heavy atom. The van der Waals surface area contributed by atoms with Gasteiger partial charge < -0.3 is 16.8 Å². The summed E-state index contributed by atoms with van der Waals surface area (Å²) in [6.07, 6.45) is 0.607. The molecule has 0 saturated heterocycles. The summed E-state index contributed by atoms with van der Waals surface area (Å²) in [6, 6.07) is 8.29. The van der Waals surface area contributed by atoms with E-state index in [9.17, 15) is 9.59 Å². The quantitative estimate of drug-likeness (QED) is 0.434. The second-order valence-electron chi connectivity index (χ2n) is 6.77. The van der Waals surface area contributed by atoms with Crippen LogP contribution in [0.1, 0.15) is 64.1 Å². The van der Waals surface area contributed by atoms with E-state index >= 15 is 4.39 Å². The molecule has 0 radical (unpaired) electrons. The smallest absolute Gasteiger partial charge is 0.218 e. The van der Waals surface area contributed by atoms with Crippen LogP contribution in [0.2, 0.25) is 5.02 Å². The predicted molar refractivity (Wildman–Crippen MR) is 116 cm³/mol. The maximum absolute atomic E-state index is 15.4. The van der Waals surface area contributed by atoms with Crippen molar-refractivity contribution in [2.75, 3.05) is 5.73 Å². The minimum atomic E-state index is -0.747. The second-order valence-corrected chi connectivity index (χ2v) is 7.17. The number of nitrogen functional groups attached to an aromatic ring is 1. The fraction of sp³-hybridized carbons (Fsp3) is 0.286. The zero-order valence-corrected chi connectivity index (χ0v) is 16.9. The van der Waals surface area contributed by atoms with Gasteiger partial charge in [0.05, 0.1) is 16.1 Å². The van der Waals surface area contributed by atoms with Crippen molar-refractivity contribution in [3.05, 3.63) is 63.4 Å². The SMILES string of the molecule is CC[C@@H](N[C@H](C)CC(N)=O)c1ccc(Cl)c(C(=O)c2ccc(N)c(C#N)c2)c1F.[HH].[HH].[HH]. The first kappa shape index (κ1) is 22.3. The lowest BCUT2D eigenvalue weighted by molar-refractivity contribution is -0.118. The molecule has 0 aromatic heterocycles. The first-order valence-corrected chi connectivity index (χ1v) is 9.43. The van der Waals surface area contributed by atoms with Crippen molar-refractivity contribution in [1.29, 1.82) is 5.26 Å². The Kier molecular flexibility index (Phi) is 7.32. The Balaban J connectivity index is 0. The van der Waals surface area contributed by atoms with E-state index in [-0.39, 0.29) is 49.7 Å². The van der Waals surface area contributed by atoms with Crippen LogP contribution < -0.4 is 16.8 Å². The Hall–Kier alpha value is -2.95. The number of carbonyl (C=O) groups is 2. The Morgan fingerprint density at radius 1 is 1.34 bits per heavy atom. The third-order valence-electron chi connectivity index (χ3n) is 4.56. The number of nitrogens with zero attached hydrogens (tertiary/aromatic N) is 1. The molecule has 2 rings (SSSR count). The van der Waals surface area contributed by atoms with Crippen molar-refractivity contribution >= 4 is 29.0 Å². The van der Waals surface area contributed by atoms with Crippen LogP contribution in [0.4, 0.5) is 10.1 Å². The van der Waals surface area contributed by atoms with Gasteiger partial charge in [-0.15, -0.1) is 0 Å². The molecule has 0 aliphatic heterocycles. The molecule has 158 valence electrons. The molecule has 6 nitrogen and oxygen atoms in total. The Morgan fingerprint density at radius 3 is 2.62 bits per heavy atom. The Bertz CT molecular complexity index is 1000. The van der Waals surface area contributed by atoms with Gasteiger partial charge in [0.1, 0.15) is 11.9 Å². The van der Waals surface area contributed by atoms with Gasteiger partial charge in [-0.05, 0) is 37.6 Å². The number of amides is 1. The molecule has 2 aromatic rings. The van der Waals surface area contributed by atoms with Gasteiger partial charge in [-0.25, -0.2) is 4.39 Å². The fourth-order valence-electron chi connectivity index (χ4n) is 3.12. The number of hydrogen-bond donors (Lipinski definition) is 3. The van der Waals surface area contributed by atoms with E-state index in [4.69, 9.17) is 28.3 Å². The van der Waals surface area contributed by atoms with Crippen molar-refractivity contribution in [3.8, 4) is 6.07 Å². The number of halogens is 2. The highest BCUT2D eigenvalue weighted by Gasteiger charge is 2.25. The summed E-state index contributed by atoms with van der Waals surface area (Å²) in [6.45, 7) is 3.62. The van der Waals surface area contributed by atoms with Crippen molar-refractivity contribution < 1.29 is 18.3 Å². The van der Waals surface area contributed by atoms with Gasteiger partial charge in [0.2, 0.25) is 5.91 Å². The molecule has 5 N–H and O–H groups in total. The summed E-state index contributed by atoms with van der Waals surface area (Å²) in [5.41, 5.74) is 11.3. The zero-order valence-electron chi connectivity index (χ0n) is 16.1. The van der Waals surface area contributed by atoms with Crippen LogP contribution in [0.5, 0.6) is 0 Å². The maximum Gasteiger partial charge on any atom is 0.218 e. The first-order chi connectivity index (χ1) is 13.7. The number of ketones is 1. The zero-order chi connectivity index (χ0) is 21.7. The third-order valence-corrected chi connectivity index (χ3v) is 4.88. The number of nitriles is 1. The van der Waals surface area contributed by atoms with E-state index < -0.39 is 23.5 Å². The van der Waals surface area contributed by atoms with Crippen LogP contribution in [-0.2, 0) is 4.79 Å². The fourth-order valence-corrected chi connectivity index (χ4v) is 3.35. The van der Waals surface area contributed by atoms with Gasteiger partial charge in [0.25, 0.3) is 0 Å². The number of carbonyl (C=O) groups excluding carboxylic acids is 2. The molecule has 1 amide bonds. The molecule has 29 heavy (non-hydrogen) atoms. The van der Waals surface area contributed by atoms with Crippen LogP contribution in [0, 0.1) is 17.1 Å². The lowest BCUT2D eigenvalue weighted by Gasteiger charge is -2.23. The number of nitrogens with one attached hydrogen (secondary N) is 1.